The van der Waals surface area contributed by atoms with E-state index in [4.69, 9.17) is 0 Å². The minimum atomic E-state index is 0.404. The number of hydrogen-bond donors (Lipinski definition) is 2. The first-order valence-electron chi connectivity index (χ1n) is 6.03. The van der Waals surface area contributed by atoms with Gasteiger partial charge in [0.1, 0.15) is 5.75 Å². The highest BCUT2D eigenvalue weighted by Gasteiger charge is 2.12. The molecule has 1 aromatic rings. The SMILES string of the molecule is CCC(C)C(C)Nc1ccc(C)c(O)c1C. The molecule has 0 fully saturated rings. The monoisotopic (exact) mass is 221 g/mol. The highest BCUT2D eigenvalue weighted by Crippen LogP contribution is 2.29. The number of hydrogen-bond acceptors (Lipinski definition) is 2. The van der Waals surface area contributed by atoms with E-state index >= 15 is 0 Å². The summed E-state index contributed by atoms with van der Waals surface area (Å²) in [6.45, 7) is 10.5. The second-order valence-electron chi connectivity index (χ2n) is 4.72. The highest BCUT2D eigenvalue weighted by molar-refractivity contribution is 5.59. The number of phenolic OH excluding ortho intramolecular Hbond substituents is 1. The smallest absolute Gasteiger partial charge is 0.123 e. The molecule has 0 aromatic heterocycles. The van der Waals surface area contributed by atoms with Gasteiger partial charge in [-0.1, -0.05) is 26.3 Å². The molecule has 1 aromatic carbocycles. The van der Waals surface area contributed by atoms with E-state index in [0.717, 1.165) is 23.2 Å². The molecule has 2 nitrogen and oxygen atoms in total. The third-order valence-electron chi connectivity index (χ3n) is 3.51. The molecule has 2 N–H and O–H groups in total. The second kappa shape index (κ2) is 5.24. The van der Waals surface area contributed by atoms with Crippen molar-refractivity contribution in [3.8, 4) is 5.75 Å². The summed E-state index contributed by atoms with van der Waals surface area (Å²) in [4.78, 5) is 0. The number of aryl methyl sites for hydroxylation is 1. The molecule has 0 saturated carbocycles. The Morgan fingerprint density at radius 3 is 2.44 bits per heavy atom. The van der Waals surface area contributed by atoms with Crippen molar-refractivity contribution in [2.75, 3.05) is 5.32 Å². The van der Waals surface area contributed by atoms with E-state index in [-0.39, 0.29) is 0 Å². The predicted octanol–water partition coefficient (Wildman–Crippen LogP) is 3.86. The Morgan fingerprint density at radius 2 is 1.88 bits per heavy atom. The third-order valence-corrected chi connectivity index (χ3v) is 3.51. The van der Waals surface area contributed by atoms with Gasteiger partial charge in [0.15, 0.2) is 0 Å². The number of nitrogens with one attached hydrogen (secondary N) is 1. The van der Waals surface area contributed by atoms with E-state index < -0.39 is 0 Å². The summed E-state index contributed by atoms with van der Waals surface area (Å²) in [6, 6.07) is 4.42. The van der Waals surface area contributed by atoms with Gasteiger partial charge in [-0.25, -0.2) is 0 Å². The van der Waals surface area contributed by atoms with Crippen molar-refractivity contribution in [3.05, 3.63) is 23.3 Å². The molecular formula is C14H23NO. The average molecular weight is 221 g/mol. The van der Waals surface area contributed by atoms with Crippen LogP contribution in [0.1, 0.15) is 38.3 Å². The van der Waals surface area contributed by atoms with Crippen molar-refractivity contribution >= 4 is 5.69 Å². The maximum Gasteiger partial charge on any atom is 0.123 e. The molecule has 0 heterocycles. The van der Waals surface area contributed by atoms with E-state index in [9.17, 15) is 5.11 Å². The Kier molecular flexibility index (Phi) is 4.22. The Morgan fingerprint density at radius 1 is 1.25 bits per heavy atom. The third kappa shape index (κ3) is 2.69. The lowest BCUT2D eigenvalue weighted by atomic mass is 9.99. The maximum atomic E-state index is 9.86. The molecule has 0 aliphatic heterocycles. The summed E-state index contributed by atoms with van der Waals surface area (Å²) in [5.74, 6) is 1.03. The van der Waals surface area contributed by atoms with Crippen LogP contribution in [0.15, 0.2) is 12.1 Å². The molecule has 0 aliphatic carbocycles. The molecule has 0 spiro atoms. The summed E-state index contributed by atoms with van der Waals surface area (Å²) >= 11 is 0. The van der Waals surface area contributed by atoms with Crippen molar-refractivity contribution in [1.82, 2.24) is 0 Å². The van der Waals surface area contributed by atoms with Crippen molar-refractivity contribution in [2.24, 2.45) is 5.92 Å². The lowest BCUT2D eigenvalue weighted by Gasteiger charge is -2.22. The van der Waals surface area contributed by atoms with Gasteiger partial charge in [0.25, 0.3) is 0 Å². The topological polar surface area (TPSA) is 32.3 Å². The van der Waals surface area contributed by atoms with E-state index in [0.29, 0.717) is 17.7 Å². The lowest BCUT2D eigenvalue weighted by Crippen LogP contribution is -2.23. The van der Waals surface area contributed by atoms with Gasteiger partial charge in [-0.3, -0.25) is 0 Å². The van der Waals surface area contributed by atoms with Crippen LogP contribution in [-0.4, -0.2) is 11.1 Å². The summed E-state index contributed by atoms with van der Waals surface area (Å²) in [7, 11) is 0. The largest absolute Gasteiger partial charge is 0.507 e. The first-order valence-corrected chi connectivity index (χ1v) is 6.03. The molecule has 0 amide bonds. The molecule has 0 bridgehead atoms. The lowest BCUT2D eigenvalue weighted by molar-refractivity contribution is 0.466. The fourth-order valence-corrected chi connectivity index (χ4v) is 1.73. The summed E-state index contributed by atoms with van der Waals surface area (Å²) in [5, 5.41) is 13.3. The maximum absolute atomic E-state index is 9.86. The minimum Gasteiger partial charge on any atom is -0.507 e. The Hall–Kier alpha value is -1.18. The van der Waals surface area contributed by atoms with E-state index in [2.05, 4.69) is 26.1 Å². The quantitative estimate of drug-likeness (QED) is 0.809. The Balaban J connectivity index is 2.86. The zero-order valence-electron chi connectivity index (χ0n) is 11.0. The molecule has 0 aliphatic rings. The van der Waals surface area contributed by atoms with Crippen LogP contribution in [0.25, 0.3) is 0 Å². The van der Waals surface area contributed by atoms with Gasteiger partial charge in [0.05, 0.1) is 0 Å². The number of benzene rings is 1. The number of rotatable bonds is 4. The van der Waals surface area contributed by atoms with E-state index in [1.54, 1.807) is 0 Å². The molecule has 1 rings (SSSR count). The summed E-state index contributed by atoms with van der Waals surface area (Å²) < 4.78 is 0. The van der Waals surface area contributed by atoms with Gasteiger partial charge in [0.2, 0.25) is 0 Å². The van der Waals surface area contributed by atoms with Gasteiger partial charge in [0, 0.05) is 17.3 Å². The Labute approximate surface area is 98.7 Å². The number of phenols is 1. The molecule has 2 unspecified atom stereocenters. The number of aromatic hydroxyl groups is 1. The van der Waals surface area contributed by atoms with Crippen LogP contribution in [0, 0.1) is 19.8 Å². The van der Waals surface area contributed by atoms with Crippen molar-refractivity contribution in [1.29, 1.82) is 0 Å². The standard InChI is InChI=1S/C14H23NO/c1-6-9(2)12(5)15-13-8-7-10(3)14(16)11(13)4/h7-9,12,15-16H,6H2,1-5H3. The van der Waals surface area contributed by atoms with Crippen LogP contribution in [-0.2, 0) is 0 Å². The molecule has 2 atom stereocenters. The van der Waals surface area contributed by atoms with Crippen molar-refractivity contribution in [2.45, 2.75) is 47.1 Å². The molecule has 0 saturated heterocycles. The van der Waals surface area contributed by atoms with Crippen molar-refractivity contribution < 1.29 is 5.11 Å². The van der Waals surface area contributed by atoms with Crippen LogP contribution >= 0.6 is 0 Å². The fraction of sp³-hybridized carbons (Fsp3) is 0.571. The molecule has 16 heavy (non-hydrogen) atoms. The summed E-state index contributed by atoms with van der Waals surface area (Å²) in [6.07, 6.45) is 1.16. The first kappa shape index (κ1) is 12.9. The van der Waals surface area contributed by atoms with Gasteiger partial charge in [-0.2, -0.15) is 0 Å². The molecule has 90 valence electrons. The highest BCUT2D eigenvalue weighted by atomic mass is 16.3. The summed E-state index contributed by atoms with van der Waals surface area (Å²) in [5.41, 5.74) is 2.91. The van der Waals surface area contributed by atoms with Crippen molar-refractivity contribution in [3.63, 3.8) is 0 Å². The normalized spacial score (nSPS) is 14.6. The van der Waals surface area contributed by atoms with Gasteiger partial charge in [-0.05, 0) is 38.3 Å². The van der Waals surface area contributed by atoms with Crippen LogP contribution in [0.2, 0.25) is 0 Å². The van der Waals surface area contributed by atoms with Crippen LogP contribution in [0.5, 0.6) is 5.75 Å². The van der Waals surface area contributed by atoms with E-state index in [1.807, 2.05) is 26.0 Å². The fourth-order valence-electron chi connectivity index (χ4n) is 1.73. The van der Waals surface area contributed by atoms with E-state index in [1.165, 1.54) is 0 Å². The average Bonchev–Trinajstić information content (AvgIpc) is 2.28. The molecule has 0 radical (unpaired) electrons. The number of anilines is 1. The second-order valence-corrected chi connectivity index (χ2v) is 4.72. The zero-order chi connectivity index (χ0) is 12.3. The minimum absolute atomic E-state index is 0.404. The van der Waals surface area contributed by atoms with Gasteiger partial charge in [-0.15, -0.1) is 0 Å². The Bertz CT molecular complexity index is 360. The molecular weight excluding hydrogens is 198 g/mol. The zero-order valence-corrected chi connectivity index (χ0v) is 11.0. The van der Waals surface area contributed by atoms with Crippen LogP contribution < -0.4 is 5.32 Å². The molecule has 2 heteroatoms. The first-order chi connectivity index (χ1) is 7.47. The van der Waals surface area contributed by atoms with Gasteiger partial charge < -0.3 is 10.4 Å². The van der Waals surface area contributed by atoms with Crippen LogP contribution in [0.3, 0.4) is 0 Å². The predicted molar refractivity (Wildman–Crippen MR) is 70.1 cm³/mol. The van der Waals surface area contributed by atoms with Gasteiger partial charge >= 0.3 is 0 Å². The van der Waals surface area contributed by atoms with Crippen LogP contribution in [0.4, 0.5) is 5.69 Å².